The van der Waals surface area contributed by atoms with Gasteiger partial charge in [0.05, 0.1) is 5.56 Å². The number of aromatic nitrogens is 3. The maximum absolute atomic E-state index is 11.5. The first-order valence-corrected chi connectivity index (χ1v) is 4.70. The fourth-order valence-electron chi connectivity index (χ4n) is 1.08. The molecule has 0 radical (unpaired) electrons. The zero-order chi connectivity index (χ0) is 12.1. The molecule has 0 unspecified atom stereocenters. The van der Waals surface area contributed by atoms with Crippen LogP contribution in [0.4, 0.5) is 0 Å². The van der Waals surface area contributed by atoms with E-state index >= 15 is 0 Å². The average molecular weight is 229 g/mol. The molecule has 0 fully saturated rings. The molecule has 0 aliphatic carbocycles. The van der Waals surface area contributed by atoms with Crippen molar-refractivity contribution in [2.75, 3.05) is 0 Å². The number of hydrogen-bond donors (Lipinski definition) is 0. The van der Waals surface area contributed by atoms with Crippen LogP contribution in [0, 0.1) is 0 Å². The number of pyridine rings is 1. The molecule has 17 heavy (non-hydrogen) atoms. The van der Waals surface area contributed by atoms with Crippen molar-refractivity contribution in [3.8, 4) is 0 Å². The van der Waals surface area contributed by atoms with Gasteiger partial charge in [-0.3, -0.25) is 0 Å². The average Bonchev–Trinajstić information content (AvgIpc) is 2.40. The number of nitrogens with zero attached hydrogens (tertiary/aromatic N) is 3. The van der Waals surface area contributed by atoms with Crippen LogP contribution in [0.2, 0.25) is 0 Å². The molecule has 6 nitrogen and oxygen atoms in total. The van der Waals surface area contributed by atoms with Gasteiger partial charge in [-0.15, -0.1) is 0 Å². The molecule has 0 saturated heterocycles. The Morgan fingerprint density at radius 3 is 2.47 bits per heavy atom. The van der Waals surface area contributed by atoms with E-state index in [1.165, 1.54) is 31.0 Å². The Hall–Kier alpha value is -2.63. The monoisotopic (exact) mass is 229 g/mol. The molecular weight excluding hydrogens is 222 g/mol. The van der Waals surface area contributed by atoms with Crippen molar-refractivity contribution in [1.82, 2.24) is 15.0 Å². The minimum atomic E-state index is -0.806. The highest BCUT2D eigenvalue weighted by atomic mass is 16.6. The van der Waals surface area contributed by atoms with Gasteiger partial charge in [0.2, 0.25) is 0 Å². The summed E-state index contributed by atoms with van der Waals surface area (Å²) >= 11 is 0. The maximum atomic E-state index is 11.5. The van der Waals surface area contributed by atoms with Crippen LogP contribution in [0.3, 0.4) is 0 Å². The topological polar surface area (TPSA) is 82.0 Å². The summed E-state index contributed by atoms with van der Waals surface area (Å²) < 4.78 is 4.60. The smallest absolute Gasteiger partial charge is 0.364 e. The minimum Gasteiger partial charge on any atom is -0.384 e. The molecule has 2 rings (SSSR count). The molecular formula is C11H7N3O3. The van der Waals surface area contributed by atoms with E-state index in [1.807, 2.05) is 0 Å². The molecule has 0 aromatic carbocycles. The van der Waals surface area contributed by atoms with Crippen LogP contribution in [0.25, 0.3) is 0 Å². The molecule has 0 bridgehead atoms. The highest BCUT2D eigenvalue weighted by Gasteiger charge is 2.15. The van der Waals surface area contributed by atoms with E-state index in [0.29, 0.717) is 0 Å². The van der Waals surface area contributed by atoms with Gasteiger partial charge in [-0.1, -0.05) is 6.07 Å². The molecule has 2 heterocycles. The van der Waals surface area contributed by atoms with Crippen molar-refractivity contribution >= 4 is 11.9 Å². The number of carbonyl (C=O) groups is 2. The van der Waals surface area contributed by atoms with Gasteiger partial charge in [-0.05, 0) is 12.1 Å². The van der Waals surface area contributed by atoms with Crippen LogP contribution in [-0.2, 0) is 4.74 Å². The van der Waals surface area contributed by atoms with Crippen molar-refractivity contribution in [1.29, 1.82) is 0 Å². The Labute approximate surface area is 96.3 Å². The lowest BCUT2D eigenvalue weighted by atomic mass is 10.3. The fraction of sp³-hybridized carbons (Fsp3) is 0. The van der Waals surface area contributed by atoms with Crippen LogP contribution >= 0.6 is 0 Å². The normalized spacial score (nSPS) is 9.65. The number of ether oxygens (including phenoxy) is 1. The van der Waals surface area contributed by atoms with E-state index in [1.54, 1.807) is 12.1 Å². The fourth-order valence-corrected chi connectivity index (χ4v) is 1.08. The molecule has 0 aliphatic heterocycles. The lowest BCUT2D eigenvalue weighted by Crippen LogP contribution is -2.14. The molecule has 0 spiro atoms. The van der Waals surface area contributed by atoms with Crippen molar-refractivity contribution in [2.45, 2.75) is 0 Å². The lowest BCUT2D eigenvalue weighted by molar-refractivity contribution is 0.0393. The number of esters is 2. The van der Waals surface area contributed by atoms with Gasteiger partial charge in [0.25, 0.3) is 0 Å². The standard InChI is InChI=1S/C11H7N3O3/c15-10(8-5-12-7-13-6-8)17-11(16)9-3-1-2-4-14-9/h1-7H. The molecule has 6 heteroatoms. The summed E-state index contributed by atoms with van der Waals surface area (Å²) in [6, 6.07) is 4.74. The highest BCUT2D eigenvalue weighted by Crippen LogP contribution is 2.02. The van der Waals surface area contributed by atoms with Crippen LogP contribution < -0.4 is 0 Å². The van der Waals surface area contributed by atoms with Gasteiger partial charge in [-0.2, -0.15) is 0 Å². The van der Waals surface area contributed by atoms with Crippen molar-refractivity contribution in [2.24, 2.45) is 0 Å². The molecule has 0 amide bonds. The SMILES string of the molecule is O=C(OC(=O)c1ccccn1)c1cncnc1. The predicted molar refractivity (Wildman–Crippen MR) is 56.0 cm³/mol. The Balaban J connectivity index is 2.08. The van der Waals surface area contributed by atoms with E-state index < -0.39 is 11.9 Å². The summed E-state index contributed by atoms with van der Waals surface area (Å²) in [5, 5.41) is 0. The van der Waals surface area contributed by atoms with Gasteiger partial charge in [0.15, 0.2) is 0 Å². The van der Waals surface area contributed by atoms with Gasteiger partial charge >= 0.3 is 11.9 Å². The quantitative estimate of drug-likeness (QED) is 0.561. The summed E-state index contributed by atoms with van der Waals surface area (Å²) in [4.78, 5) is 34.0. The van der Waals surface area contributed by atoms with Crippen LogP contribution in [0.1, 0.15) is 20.8 Å². The summed E-state index contributed by atoms with van der Waals surface area (Å²) in [5.41, 5.74) is 0.175. The summed E-state index contributed by atoms with van der Waals surface area (Å²) in [6.07, 6.45) is 5.24. The third-order valence-corrected chi connectivity index (χ3v) is 1.86. The molecule has 2 aromatic rings. The third-order valence-electron chi connectivity index (χ3n) is 1.86. The van der Waals surface area contributed by atoms with Crippen molar-refractivity contribution < 1.29 is 14.3 Å². The van der Waals surface area contributed by atoms with E-state index in [-0.39, 0.29) is 11.3 Å². The second-order valence-electron chi connectivity index (χ2n) is 3.02. The Kier molecular flexibility index (Phi) is 3.15. The highest BCUT2D eigenvalue weighted by molar-refractivity contribution is 6.01. The third kappa shape index (κ3) is 2.69. The van der Waals surface area contributed by atoms with Gasteiger partial charge in [0.1, 0.15) is 12.0 Å². The summed E-state index contributed by atoms with van der Waals surface area (Å²) in [7, 11) is 0. The van der Waals surface area contributed by atoms with E-state index in [9.17, 15) is 9.59 Å². The van der Waals surface area contributed by atoms with Gasteiger partial charge in [0, 0.05) is 18.6 Å². The zero-order valence-electron chi connectivity index (χ0n) is 8.61. The molecule has 84 valence electrons. The molecule has 0 N–H and O–H groups in total. The predicted octanol–water partition coefficient (Wildman–Crippen LogP) is 0.869. The molecule has 0 atom stereocenters. The van der Waals surface area contributed by atoms with E-state index in [0.717, 1.165) is 0 Å². The van der Waals surface area contributed by atoms with Gasteiger partial charge in [-0.25, -0.2) is 24.5 Å². The van der Waals surface area contributed by atoms with Crippen LogP contribution in [0.15, 0.2) is 43.1 Å². The first-order chi connectivity index (χ1) is 8.27. The Bertz CT molecular complexity index is 479. The number of hydrogen-bond acceptors (Lipinski definition) is 6. The van der Waals surface area contributed by atoms with E-state index in [4.69, 9.17) is 0 Å². The maximum Gasteiger partial charge on any atom is 0.364 e. The van der Waals surface area contributed by atoms with Crippen molar-refractivity contribution in [3.63, 3.8) is 0 Å². The second kappa shape index (κ2) is 4.93. The number of rotatable bonds is 2. The zero-order valence-corrected chi connectivity index (χ0v) is 8.61. The minimum absolute atomic E-state index is 0.0673. The summed E-state index contributed by atoms with van der Waals surface area (Å²) in [6.45, 7) is 0. The first kappa shape index (κ1) is 10.9. The Morgan fingerprint density at radius 2 is 1.82 bits per heavy atom. The van der Waals surface area contributed by atoms with Crippen LogP contribution in [0.5, 0.6) is 0 Å². The lowest BCUT2D eigenvalue weighted by Gasteiger charge is -2.01. The van der Waals surface area contributed by atoms with Crippen LogP contribution in [-0.4, -0.2) is 26.9 Å². The second-order valence-corrected chi connectivity index (χ2v) is 3.02. The summed E-state index contributed by atoms with van der Waals surface area (Å²) in [5.74, 6) is -1.61. The van der Waals surface area contributed by atoms with Crippen molar-refractivity contribution in [3.05, 3.63) is 54.4 Å². The largest absolute Gasteiger partial charge is 0.384 e. The van der Waals surface area contributed by atoms with E-state index in [2.05, 4.69) is 19.7 Å². The molecule has 0 aliphatic rings. The van der Waals surface area contributed by atoms with Gasteiger partial charge < -0.3 is 4.74 Å². The first-order valence-electron chi connectivity index (χ1n) is 4.70. The molecule has 2 aromatic heterocycles. The molecule has 0 saturated carbocycles. The number of carbonyl (C=O) groups excluding carboxylic acids is 2. The Morgan fingerprint density at radius 1 is 1.06 bits per heavy atom.